The standard InChI is InChI=1S/C23H26FN3O4/c1-15(28)25-11-20-14-27(23(30)31-20)18-6-7-21(22(24)10-18)17-4-2-16(3-5-17)12-26-9-8-19(29)13-26/h2-7,10,19-20,29H,8-9,11-14H2,1H3,(H,25,28)/t19-,20+/m1/s1. The highest BCUT2D eigenvalue weighted by molar-refractivity contribution is 5.90. The number of rotatable bonds is 6. The van der Waals surface area contributed by atoms with Crippen LogP contribution in [0.4, 0.5) is 14.9 Å². The minimum Gasteiger partial charge on any atom is -0.442 e. The summed E-state index contributed by atoms with van der Waals surface area (Å²) in [5.74, 6) is -0.625. The van der Waals surface area contributed by atoms with E-state index in [2.05, 4.69) is 10.2 Å². The van der Waals surface area contributed by atoms with Crippen LogP contribution in [0.3, 0.4) is 0 Å². The summed E-state index contributed by atoms with van der Waals surface area (Å²) in [6.45, 7) is 4.19. The molecule has 8 heteroatoms. The SMILES string of the molecule is CC(=O)NC[C@H]1CN(c2ccc(-c3ccc(CN4CC[C@@H](O)C4)cc3)c(F)c2)C(=O)O1. The predicted octanol–water partition coefficient (Wildman–Crippen LogP) is 2.52. The molecule has 0 saturated carbocycles. The van der Waals surface area contributed by atoms with Crippen LogP contribution in [0.15, 0.2) is 42.5 Å². The molecule has 0 spiro atoms. The van der Waals surface area contributed by atoms with E-state index < -0.39 is 18.0 Å². The number of ether oxygens (including phenoxy) is 1. The van der Waals surface area contributed by atoms with Gasteiger partial charge < -0.3 is 15.2 Å². The molecule has 2 aromatic rings. The molecule has 0 unspecified atom stereocenters. The molecule has 164 valence electrons. The largest absolute Gasteiger partial charge is 0.442 e. The molecule has 0 aromatic heterocycles. The summed E-state index contributed by atoms with van der Waals surface area (Å²) in [7, 11) is 0. The van der Waals surface area contributed by atoms with Crippen molar-refractivity contribution in [2.24, 2.45) is 0 Å². The number of amides is 2. The van der Waals surface area contributed by atoms with Gasteiger partial charge in [0.05, 0.1) is 24.9 Å². The van der Waals surface area contributed by atoms with E-state index in [1.54, 1.807) is 12.1 Å². The van der Waals surface area contributed by atoms with Crippen molar-refractivity contribution < 1.29 is 23.8 Å². The molecule has 2 amide bonds. The molecule has 0 radical (unpaired) electrons. The Labute approximate surface area is 180 Å². The summed E-state index contributed by atoms with van der Waals surface area (Å²) in [4.78, 5) is 26.8. The van der Waals surface area contributed by atoms with Crippen LogP contribution in [0.1, 0.15) is 18.9 Å². The fourth-order valence-corrected chi connectivity index (χ4v) is 4.01. The van der Waals surface area contributed by atoms with Gasteiger partial charge in [-0.3, -0.25) is 14.6 Å². The fourth-order valence-electron chi connectivity index (χ4n) is 4.01. The van der Waals surface area contributed by atoms with Crippen LogP contribution in [0.5, 0.6) is 0 Å². The van der Waals surface area contributed by atoms with Crippen LogP contribution in [-0.2, 0) is 16.1 Å². The lowest BCUT2D eigenvalue weighted by Gasteiger charge is -2.16. The molecule has 0 aliphatic carbocycles. The van der Waals surface area contributed by atoms with Crippen molar-refractivity contribution in [3.63, 3.8) is 0 Å². The third kappa shape index (κ3) is 5.03. The van der Waals surface area contributed by atoms with Crippen molar-refractivity contribution in [1.29, 1.82) is 0 Å². The first kappa shape index (κ1) is 21.3. The summed E-state index contributed by atoms with van der Waals surface area (Å²) >= 11 is 0. The maximum atomic E-state index is 14.9. The molecule has 2 N–H and O–H groups in total. The number of hydrogen-bond acceptors (Lipinski definition) is 5. The van der Waals surface area contributed by atoms with Crippen LogP contribution < -0.4 is 10.2 Å². The smallest absolute Gasteiger partial charge is 0.414 e. The third-order valence-corrected chi connectivity index (χ3v) is 5.64. The molecule has 2 atom stereocenters. The van der Waals surface area contributed by atoms with Gasteiger partial charge in [-0.2, -0.15) is 0 Å². The number of nitrogens with one attached hydrogen (secondary N) is 1. The maximum absolute atomic E-state index is 14.9. The van der Waals surface area contributed by atoms with E-state index in [0.717, 1.165) is 30.6 Å². The zero-order chi connectivity index (χ0) is 22.0. The molecular formula is C23H26FN3O4. The summed E-state index contributed by atoms with van der Waals surface area (Å²) in [5, 5.41) is 12.3. The van der Waals surface area contributed by atoms with Crippen molar-refractivity contribution in [2.75, 3.05) is 31.1 Å². The number of likely N-dealkylation sites (tertiary alicyclic amines) is 1. The van der Waals surface area contributed by atoms with Crippen molar-refractivity contribution >= 4 is 17.7 Å². The van der Waals surface area contributed by atoms with Crippen molar-refractivity contribution in [2.45, 2.75) is 32.1 Å². The number of cyclic esters (lactones) is 1. The minimum absolute atomic E-state index is 0.200. The Morgan fingerprint density at radius 1 is 1.23 bits per heavy atom. The van der Waals surface area contributed by atoms with E-state index in [9.17, 15) is 19.1 Å². The molecule has 7 nitrogen and oxygen atoms in total. The Hall–Kier alpha value is -2.97. The molecule has 0 bridgehead atoms. The van der Waals surface area contributed by atoms with Gasteiger partial charge in [0.2, 0.25) is 5.91 Å². The summed E-state index contributed by atoms with van der Waals surface area (Å²) < 4.78 is 20.1. The molecule has 2 saturated heterocycles. The molecule has 4 rings (SSSR count). The second-order valence-corrected chi connectivity index (χ2v) is 8.09. The topological polar surface area (TPSA) is 82.1 Å². The number of aliphatic hydroxyl groups excluding tert-OH is 1. The van der Waals surface area contributed by atoms with Gasteiger partial charge >= 0.3 is 6.09 Å². The number of hydrogen-bond donors (Lipinski definition) is 2. The second-order valence-electron chi connectivity index (χ2n) is 8.09. The van der Waals surface area contributed by atoms with Gasteiger partial charge in [-0.15, -0.1) is 0 Å². The molecule has 2 aromatic carbocycles. The first-order chi connectivity index (χ1) is 14.9. The monoisotopic (exact) mass is 427 g/mol. The van der Waals surface area contributed by atoms with E-state index >= 15 is 0 Å². The highest BCUT2D eigenvalue weighted by Gasteiger charge is 2.32. The Morgan fingerprint density at radius 3 is 2.65 bits per heavy atom. The summed E-state index contributed by atoms with van der Waals surface area (Å²) in [5.41, 5.74) is 2.73. The zero-order valence-corrected chi connectivity index (χ0v) is 17.4. The zero-order valence-electron chi connectivity index (χ0n) is 17.4. The molecule has 2 aliphatic heterocycles. The molecule has 2 heterocycles. The number of anilines is 1. The van der Waals surface area contributed by atoms with Crippen molar-refractivity contribution in [1.82, 2.24) is 10.2 Å². The summed E-state index contributed by atoms with van der Waals surface area (Å²) in [6.07, 6.45) is -0.475. The Kier molecular flexibility index (Phi) is 6.20. The van der Waals surface area contributed by atoms with Gasteiger partial charge in [0, 0.05) is 32.1 Å². The van der Waals surface area contributed by atoms with Gasteiger partial charge in [0.15, 0.2) is 0 Å². The van der Waals surface area contributed by atoms with Crippen LogP contribution in [0, 0.1) is 5.82 Å². The second kappa shape index (κ2) is 9.03. The van der Waals surface area contributed by atoms with Gasteiger partial charge in [0.1, 0.15) is 11.9 Å². The van der Waals surface area contributed by atoms with E-state index in [4.69, 9.17) is 4.74 Å². The highest BCUT2D eigenvalue weighted by Crippen LogP contribution is 2.29. The van der Waals surface area contributed by atoms with Gasteiger partial charge in [-0.1, -0.05) is 24.3 Å². The fraction of sp³-hybridized carbons (Fsp3) is 0.391. The van der Waals surface area contributed by atoms with Gasteiger partial charge in [-0.25, -0.2) is 9.18 Å². The number of nitrogens with zero attached hydrogens (tertiary/aromatic N) is 2. The average Bonchev–Trinajstić information content (AvgIpc) is 3.32. The minimum atomic E-state index is -0.557. The maximum Gasteiger partial charge on any atom is 0.414 e. The lowest BCUT2D eigenvalue weighted by molar-refractivity contribution is -0.119. The van der Waals surface area contributed by atoms with Crippen LogP contribution >= 0.6 is 0 Å². The van der Waals surface area contributed by atoms with E-state index in [1.165, 1.54) is 17.9 Å². The molecule has 2 aliphatic rings. The lowest BCUT2D eigenvalue weighted by Crippen LogP contribution is -2.33. The summed E-state index contributed by atoms with van der Waals surface area (Å²) in [6, 6.07) is 12.4. The van der Waals surface area contributed by atoms with Crippen molar-refractivity contribution in [3.8, 4) is 11.1 Å². The van der Waals surface area contributed by atoms with E-state index in [0.29, 0.717) is 17.8 Å². The van der Waals surface area contributed by atoms with Crippen LogP contribution in [0.2, 0.25) is 0 Å². The van der Waals surface area contributed by atoms with E-state index in [-0.39, 0.29) is 25.1 Å². The number of halogens is 1. The predicted molar refractivity (Wildman–Crippen MR) is 114 cm³/mol. The Bertz CT molecular complexity index is 966. The van der Waals surface area contributed by atoms with Crippen LogP contribution in [0.25, 0.3) is 11.1 Å². The van der Waals surface area contributed by atoms with Crippen LogP contribution in [-0.4, -0.2) is 60.4 Å². The number of aliphatic hydroxyl groups is 1. The average molecular weight is 427 g/mol. The number of carbonyl (C=O) groups is 2. The molecule has 2 fully saturated rings. The van der Waals surface area contributed by atoms with E-state index in [1.807, 2.05) is 24.3 Å². The quantitative estimate of drug-likeness (QED) is 0.741. The highest BCUT2D eigenvalue weighted by atomic mass is 19.1. The first-order valence-corrected chi connectivity index (χ1v) is 10.4. The van der Waals surface area contributed by atoms with Gasteiger partial charge in [0.25, 0.3) is 0 Å². The number of β-amino-alcohol motifs (C(OH)–C–C–N with tert-alkyl or cyclic N) is 1. The first-order valence-electron chi connectivity index (χ1n) is 10.4. The normalized spacial score (nSPS) is 21.4. The third-order valence-electron chi connectivity index (χ3n) is 5.64. The lowest BCUT2D eigenvalue weighted by atomic mass is 10.0. The number of carbonyl (C=O) groups excluding carboxylic acids is 2. The van der Waals surface area contributed by atoms with Crippen molar-refractivity contribution in [3.05, 3.63) is 53.8 Å². The Balaban J connectivity index is 1.43. The molecular weight excluding hydrogens is 401 g/mol. The number of benzene rings is 2. The molecule has 31 heavy (non-hydrogen) atoms. The Morgan fingerprint density at radius 2 is 2.00 bits per heavy atom. The van der Waals surface area contributed by atoms with Gasteiger partial charge in [-0.05, 0) is 35.7 Å².